The molecule has 0 fully saturated rings. The van der Waals surface area contributed by atoms with Gasteiger partial charge in [0, 0.05) is 7.11 Å². The van der Waals surface area contributed by atoms with Crippen molar-refractivity contribution in [1.82, 2.24) is 5.32 Å². The van der Waals surface area contributed by atoms with Crippen LogP contribution in [-0.4, -0.2) is 26.3 Å². The molecular weight excluding hydrogens is 174 g/mol. The van der Waals surface area contributed by atoms with Crippen molar-refractivity contribution in [1.29, 1.82) is 0 Å². The minimum Gasteiger partial charge on any atom is -0.382 e. The van der Waals surface area contributed by atoms with Gasteiger partial charge in [0.2, 0.25) is 0 Å². The highest BCUT2D eigenvalue weighted by Gasteiger charge is 2.25. The van der Waals surface area contributed by atoms with Crippen LogP contribution < -0.4 is 5.32 Å². The summed E-state index contributed by atoms with van der Waals surface area (Å²) in [6, 6.07) is 0. The second kappa shape index (κ2) is 6.41. The third-order valence-electron chi connectivity index (χ3n) is 2.88. The molecule has 1 N–H and O–H groups in total. The molecular formula is C12H27NO. The number of hydrogen-bond donors (Lipinski definition) is 1. The Kier molecular flexibility index (Phi) is 6.38. The summed E-state index contributed by atoms with van der Waals surface area (Å²) in [5.74, 6) is 0.678. The van der Waals surface area contributed by atoms with Crippen LogP contribution in [0.5, 0.6) is 0 Å². The number of ether oxygens (including phenoxy) is 1. The standard InChI is InChI=1S/C12H27NO/c1-7-13-9-11(12(3,4)5)8-10(2)14-6/h10-11,13H,7-9H2,1-6H3. The van der Waals surface area contributed by atoms with Crippen LogP contribution in [0.1, 0.15) is 41.0 Å². The van der Waals surface area contributed by atoms with Gasteiger partial charge in [-0.25, -0.2) is 0 Å². The van der Waals surface area contributed by atoms with Crippen molar-refractivity contribution in [3.63, 3.8) is 0 Å². The van der Waals surface area contributed by atoms with E-state index in [1.165, 1.54) is 0 Å². The molecule has 0 aliphatic heterocycles. The fourth-order valence-electron chi connectivity index (χ4n) is 1.56. The van der Waals surface area contributed by atoms with Crippen molar-refractivity contribution in [3.8, 4) is 0 Å². The lowest BCUT2D eigenvalue weighted by atomic mass is 9.77. The molecule has 0 rings (SSSR count). The number of methoxy groups -OCH3 is 1. The lowest BCUT2D eigenvalue weighted by Crippen LogP contribution is -2.34. The smallest absolute Gasteiger partial charge is 0.0546 e. The maximum atomic E-state index is 5.33. The van der Waals surface area contributed by atoms with Crippen LogP contribution >= 0.6 is 0 Å². The molecule has 0 saturated heterocycles. The molecule has 0 saturated carbocycles. The molecule has 14 heavy (non-hydrogen) atoms. The van der Waals surface area contributed by atoms with E-state index in [2.05, 4.69) is 39.9 Å². The maximum Gasteiger partial charge on any atom is 0.0546 e. The van der Waals surface area contributed by atoms with Crippen LogP contribution in [0.15, 0.2) is 0 Å². The summed E-state index contributed by atoms with van der Waals surface area (Å²) in [5, 5.41) is 3.43. The lowest BCUT2D eigenvalue weighted by molar-refractivity contribution is 0.0698. The quantitative estimate of drug-likeness (QED) is 0.713. The van der Waals surface area contributed by atoms with Crippen LogP contribution in [0.3, 0.4) is 0 Å². The zero-order chi connectivity index (χ0) is 11.2. The van der Waals surface area contributed by atoms with Crippen LogP contribution in [0.2, 0.25) is 0 Å². The first-order chi connectivity index (χ1) is 6.41. The number of rotatable bonds is 6. The monoisotopic (exact) mass is 201 g/mol. The minimum absolute atomic E-state index is 0.356. The normalized spacial score (nSPS) is 16.7. The highest BCUT2D eigenvalue weighted by molar-refractivity contribution is 4.77. The largest absolute Gasteiger partial charge is 0.382 e. The first-order valence-electron chi connectivity index (χ1n) is 5.65. The molecule has 2 unspecified atom stereocenters. The number of hydrogen-bond acceptors (Lipinski definition) is 2. The van der Waals surface area contributed by atoms with Gasteiger partial charge in [0.15, 0.2) is 0 Å². The van der Waals surface area contributed by atoms with Crippen molar-refractivity contribution in [3.05, 3.63) is 0 Å². The van der Waals surface area contributed by atoms with Crippen LogP contribution in [0.4, 0.5) is 0 Å². The lowest BCUT2D eigenvalue weighted by Gasteiger charge is -2.32. The summed E-state index contributed by atoms with van der Waals surface area (Å²) >= 11 is 0. The molecule has 0 bridgehead atoms. The summed E-state index contributed by atoms with van der Waals surface area (Å²) in [5.41, 5.74) is 0.356. The van der Waals surface area contributed by atoms with E-state index >= 15 is 0 Å². The average Bonchev–Trinajstić information content (AvgIpc) is 2.09. The Hall–Kier alpha value is -0.0800. The molecule has 0 aromatic rings. The highest BCUT2D eigenvalue weighted by atomic mass is 16.5. The van der Waals surface area contributed by atoms with Gasteiger partial charge in [0.05, 0.1) is 6.10 Å². The Balaban J connectivity index is 4.11. The molecule has 0 radical (unpaired) electrons. The van der Waals surface area contributed by atoms with Crippen LogP contribution in [-0.2, 0) is 4.74 Å². The van der Waals surface area contributed by atoms with Gasteiger partial charge in [-0.15, -0.1) is 0 Å². The first kappa shape index (κ1) is 13.9. The van der Waals surface area contributed by atoms with E-state index in [9.17, 15) is 0 Å². The van der Waals surface area contributed by atoms with E-state index in [1.54, 1.807) is 7.11 Å². The maximum absolute atomic E-state index is 5.33. The average molecular weight is 201 g/mol. The van der Waals surface area contributed by atoms with Gasteiger partial charge in [-0.3, -0.25) is 0 Å². The predicted molar refractivity (Wildman–Crippen MR) is 62.6 cm³/mol. The van der Waals surface area contributed by atoms with Crippen molar-refractivity contribution in [2.45, 2.75) is 47.1 Å². The van der Waals surface area contributed by atoms with E-state index in [4.69, 9.17) is 4.74 Å². The van der Waals surface area contributed by atoms with E-state index in [0.29, 0.717) is 17.4 Å². The summed E-state index contributed by atoms with van der Waals surface area (Å²) in [7, 11) is 1.79. The first-order valence-corrected chi connectivity index (χ1v) is 5.65. The van der Waals surface area contributed by atoms with Crippen molar-refractivity contribution in [2.24, 2.45) is 11.3 Å². The van der Waals surface area contributed by atoms with Gasteiger partial charge >= 0.3 is 0 Å². The van der Waals surface area contributed by atoms with Crippen LogP contribution in [0, 0.1) is 11.3 Å². The van der Waals surface area contributed by atoms with Crippen LogP contribution in [0.25, 0.3) is 0 Å². The highest BCUT2D eigenvalue weighted by Crippen LogP contribution is 2.29. The summed E-state index contributed by atoms with van der Waals surface area (Å²) < 4.78 is 5.33. The van der Waals surface area contributed by atoms with E-state index < -0.39 is 0 Å². The molecule has 0 aromatic carbocycles. The topological polar surface area (TPSA) is 21.3 Å². The number of nitrogens with one attached hydrogen (secondary N) is 1. The molecule has 0 spiro atoms. The third kappa shape index (κ3) is 5.61. The Morgan fingerprint density at radius 3 is 2.21 bits per heavy atom. The second-order valence-corrected chi connectivity index (χ2v) is 5.15. The van der Waals surface area contributed by atoms with Crippen molar-refractivity contribution >= 4 is 0 Å². The molecule has 2 nitrogen and oxygen atoms in total. The Morgan fingerprint density at radius 1 is 1.29 bits per heavy atom. The second-order valence-electron chi connectivity index (χ2n) is 5.15. The predicted octanol–water partition coefficient (Wildman–Crippen LogP) is 2.68. The van der Waals surface area contributed by atoms with Gasteiger partial charge in [0.25, 0.3) is 0 Å². The van der Waals surface area contributed by atoms with E-state index in [0.717, 1.165) is 19.5 Å². The Bertz CT molecular complexity index is 140. The zero-order valence-corrected chi connectivity index (χ0v) is 10.7. The summed E-state index contributed by atoms with van der Waals surface area (Å²) in [6.07, 6.45) is 1.49. The summed E-state index contributed by atoms with van der Waals surface area (Å²) in [6.45, 7) is 13.3. The molecule has 0 aromatic heterocycles. The fraction of sp³-hybridized carbons (Fsp3) is 1.00. The fourth-order valence-corrected chi connectivity index (χ4v) is 1.56. The molecule has 2 heteroatoms. The molecule has 0 heterocycles. The molecule has 86 valence electrons. The zero-order valence-electron chi connectivity index (χ0n) is 10.7. The SMILES string of the molecule is CCNCC(CC(C)OC)C(C)(C)C. The van der Waals surface area contributed by atoms with E-state index in [-0.39, 0.29) is 0 Å². The summed E-state index contributed by atoms with van der Waals surface area (Å²) in [4.78, 5) is 0. The Labute approximate surface area is 89.4 Å². The molecule has 2 atom stereocenters. The van der Waals surface area contributed by atoms with Crippen molar-refractivity contribution < 1.29 is 4.74 Å². The van der Waals surface area contributed by atoms with Gasteiger partial charge in [-0.2, -0.15) is 0 Å². The molecule has 0 aliphatic carbocycles. The Morgan fingerprint density at radius 2 is 1.86 bits per heavy atom. The van der Waals surface area contributed by atoms with Gasteiger partial charge in [0.1, 0.15) is 0 Å². The minimum atomic E-state index is 0.356. The molecule has 0 amide bonds. The molecule has 0 aliphatic rings. The van der Waals surface area contributed by atoms with Gasteiger partial charge in [-0.1, -0.05) is 27.7 Å². The van der Waals surface area contributed by atoms with E-state index in [1.807, 2.05) is 0 Å². The van der Waals surface area contributed by atoms with Gasteiger partial charge < -0.3 is 10.1 Å². The third-order valence-corrected chi connectivity index (χ3v) is 2.88. The van der Waals surface area contributed by atoms with Crippen molar-refractivity contribution in [2.75, 3.05) is 20.2 Å². The van der Waals surface area contributed by atoms with Gasteiger partial charge in [-0.05, 0) is 37.8 Å².